The maximum absolute atomic E-state index is 13.9. The van der Waals surface area contributed by atoms with E-state index >= 15 is 0 Å². The number of rotatable bonds is 4. The van der Waals surface area contributed by atoms with Crippen LogP contribution in [0.1, 0.15) is 40.9 Å². The Morgan fingerprint density at radius 1 is 1.41 bits per heavy atom. The third-order valence-corrected chi connectivity index (χ3v) is 5.54. The van der Waals surface area contributed by atoms with E-state index < -0.39 is 11.5 Å². The van der Waals surface area contributed by atoms with E-state index in [1.807, 2.05) is 0 Å². The molecular formula is C16H16FNO3S. The molecule has 22 heavy (non-hydrogen) atoms. The van der Waals surface area contributed by atoms with Crippen LogP contribution < -0.4 is 5.32 Å². The van der Waals surface area contributed by atoms with E-state index in [4.69, 9.17) is 5.11 Å². The molecule has 6 heteroatoms. The lowest BCUT2D eigenvalue weighted by Gasteiger charge is -2.41. The largest absolute Gasteiger partial charge is 0.481 e. The number of carboxylic acid groups (broad SMARTS) is 1. The number of aryl methyl sites for hydroxylation is 1. The smallest absolute Gasteiger partial charge is 0.305 e. The summed E-state index contributed by atoms with van der Waals surface area (Å²) in [5.74, 6) is -1.56. The molecule has 1 aromatic heterocycles. The summed E-state index contributed by atoms with van der Waals surface area (Å²) >= 11 is 1.24. The van der Waals surface area contributed by atoms with Crippen molar-refractivity contribution in [3.05, 3.63) is 34.5 Å². The van der Waals surface area contributed by atoms with Gasteiger partial charge >= 0.3 is 5.97 Å². The number of benzene rings is 1. The van der Waals surface area contributed by atoms with Crippen LogP contribution in [0.4, 0.5) is 4.39 Å². The summed E-state index contributed by atoms with van der Waals surface area (Å²) in [6, 6.07) is 4.78. The van der Waals surface area contributed by atoms with Gasteiger partial charge < -0.3 is 10.4 Å². The third kappa shape index (κ3) is 2.47. The van der Waals surface area contributed by atoms with Crippen LogP contribution in [0, 0.1) is 12.7 Å². The van der Waals surface area contributed by atoms with Crippen molar-refractivity contribution in [3.8, 4) is 0 Å². The number of amides is 1. The van der Waals surface area contributed by atoms with E-state index in [0.29, 0.717) is 28.7 Å². The van der Waals surface area contributed by atoms with E-state index in [1.54, 1.807) is 19.1 Å². The van der Waals surface area contributed by atoms with Crippen molar-refractivity contribution in [2.24, 2.45) is 0 Å². The van der Waals surface area contributed by atoms with Gasteiger partial charge in [-0.3, -0.25) is 9.59 Å². The zero-order valence-corrected chi connectivity index (χ0v) is 12.9. The second-order valence-corrected chi connectivity index (χ2v) is 6.88. The van der Waals surface area contributed by atoms with Gasteiger partial charge in [-0.1, -0.05) is 6.07 Å². The standard InChI is InChI=1S/C16H16FNO3S/c1-9-13-10(17)4-2-5-11(13)22-14(9)15(21)18-16(6-3-7-16)8-12(19)20/h2,4-5H,3,6-8H2,1H3,(H,18,21)(H,19,20). The van der Waals surface area contributed by atoms with Gasteiger partial charge in [0.05, 0.1) is 16.8 Å². The molecule has 0 bridgehead atoms. The summed E-state index contributed by atoms with van der Waals surface area (Å²) in [5.41, 5.74) is -0.0373. The number of halogens is 1. The summed E-state index contributed by atoms with van der Waals surface area (Å²) in [7, 11) is 0. The number of fused-ring (bicyclic) bond motifs is 1. The highest BCUT2D eigenvalue weighted by Gasteiger charge is 2.41. The van der Waals surface area contributed by atoms with Crippen LogP contribution in [0.2, 0.25) is 0 Å². The molecule has 3 rings (SSSR count). The molecule has 1 amide bonds. The Morgan fingerprint density at radius 2 is 2.14 bits per heavy atom. The normalized spacial score (nSPS) is 16.3. The summed E-state index contributed by atoms with van der Waals surface area (Å²) in [5, 5.41) is 12.3. The quantitative estimate of drug-likeness (QED) is 0.906. The van der Waals surface area contributed by atoms with Gasteiger partial charge in [0.15, 0.2) is 0 Å². The maximum atomic E-state index is 13.9. The van der Waals surface area contributed by atoms with Crippen molar-refractivity contribution in [1.82, 2.24) is 5.32 Å². The Kier molecular flexibility index (Phi) is 3.64. The van der Waals surface area contributed by atoms with Crippen LogP contribution in [-0.2, 0) is 4.79 Å². The highest BCUT2D eigenvalue weighted by Crippen LogP contribution is 2.37. The zero-order valence-electron chi connectivity index (χ0n) is 12.1. The summed E-state index contributed by atoms with van der Waals surface area (Å²) in [4.78, 5) is 24.0. The molecule has 1 aliphatic carbocycles. The van der Waals surface area contributed by atoms with Crippen LogP contribution >= 0.6 is 11.3 Å². The molecule has 1 saturated carbocycles. The molecule has 0 radical (unpaired) electrons. The van der Waals surface area contributed by atoms with Gasteiger partial charge in [0.25, 0.3) is 5.91 Å². The van der Waals surface area contributed by atoms with E-state index in [-0.39, 0.29) is 18.1 Å². The number of hydrogen-bond acceptors (Lipinski definition) is 3. The van der Waals surface area contributed by atoms with Crippen LogP contribution in [0.15, 0.2) is 18.2 Å². The van der Waals surface area contributed by atoms with Crippen molar-refractivity contribution < 1.29 is 19.1 Å². The first-order chi connectivity index (χ1) is 10.4. The number of carboxylic acids is 1. The van der Waals surface area contributed by atoms with Gasteiger partial charge in [-0.15, -0.1) is 11.3 Å². The van der Waals surface area contributed by atoms with Crippen LogP contribution in [0.25, 0.3) is 10.1 Å². The fourth-order valence-corrected chi connectivity index (χ4v) is 4.12. The summed E-state index contributed by atoms with van der Waals surface area (Å²) in [6.45, 7) is 1.72. The molecule has 0 atom stereocenters. The van der Waals surface area contributed by atoms with Gasteiger partial charge in [-0.05, 0) is 43.9 Å². The topological polar surface area (TPSA) is 66.4 Å². The number of hydrogen-bond donors (Lipinski definition) is 2. The van der Waals surface area contributed by atoms with Gasteiger partial charge in [0.1, 0.15) is 5.82 Å². The molecule has 0 saturated heterocycles. The predicted octanol–water partition coefficient (Wildman–Crippen LogP) is 3.48. The average Bonchev–Trinajstić information content (AvgIpc) is 2.74. The Morgan fingerprint density at radius 3 is 2.68 bits per heavy atom. The highest BCUT2D eigenvalue weighted by atomic mass is 32.1. The van der Waals surface area contributed by atoms with Gasteiger partial charge in [0, 0.05) is 10.1 Å². The summed E-state index contributed by atoms with van der Waals surface area (Å²) in [6.07, 6.45) is 2.18. The van der Waals surface area contributed by atoms with Crippen LogP contribution in [-0.4, -0.2) is 22.5 Å². The third-order valence-electron chi connectivity index (χ3n) is 4.29. The number of carbonyl (C=O) groups is 2. The first-order valence-electron chi connectivity index (χ1n) is 7.14. The van der Waals surface area contributed by atoms with E-state index in [9.17, 15) is 14.0 Å². The minimum Gasteiger partial charge on any atom is -0.481 e. The molecule has 1 aromatic carbocycles. The van der Waals surface area contributed by atoms with Crippen molar-refractivity contribution in [2.75, 3.05) is 0 Å². The number of aliphatic carboxylic acids is 1. The second-order valence-electron chi connectivity index (χ2n) is 5.83. The monoisotopic (exact) mass is 321 g/mol. The first kappa shape index (κ1) is 15.0. The zero-order chi connectivity index (χ0) is 15.9. The SMILES string of the molecule is Cc1c(C(=O)NC2(CC(=O)O)CCC2)sc2cccc(F)c12. The molecule has 0 unspecified atom stereocenters. The van der Waals surface area contributed by atoms with Crippen molar-refractivity contribution in [3.63, 3.8) is 0 Å². The fraction of sp³-hybridized carbons (Fsp3) is 0.375. The van der Waals surface area contributed by atoms with E-state index in [1.165, 1.54) is 17.4 Å². The molecule has 1 aliphatic rings. The van der Waals surface area contributed by atoms with Gasteiger partial charge in [0.2, 0.25) is 0 Å². The lowest BCUT2D eigenvalue weighted by atomic mass is 9.74. The molecule has 0 spiro atoms. The number of thiophene rings is 1. The Balaban J connectivity index is 1.91. The van der Waals surface area contributed by atoms with E-state index in [2.05, 4.69) is 5.32 Å². The minimum atomic E-state index is -0.917. The van der Waals surface area contributed by atoms with Gasteiger partial charge in [-0.2, -0.15) is 0 Å². The number of nitrogens with one attached hydrogen (secondary N) is 1. The molecule has 4 nitrogen and oxygen atoms in total. The molecule has 2 N–H and O–H groups in total. The predicted molar refractivity (Wildman–Crippen MR) is 82.8 cm³/mol. The van der Waals surface area contributed by atoms with Crippen molar-refractivity contribution >= 4 is 33.3 Å². The Bertz CT molecular complexity index is 764. The highest BCUT2D eigenvalue weighted by molar-refractivity contribution is 7.21. The van der Waals surface area contributed by atoms with Gasteiger partial charge in [-0.25, -0.2) is 4.39 Å². The van der Waals surface area contributed by atoms with Crippen LogP contribution in [0.5, 0.6) is 0 Å². The summed E-state index contributed by atoms with van der Waals surface area (Å²) < 4.78 is 14.6. The van der Waals surface area contributed by atoms with Crippen molar-refractivity contribution in [1.29, 1.82) is 0 Å². The molecule has 1 heterocycles. The molecular weight excluding hydrogens is 305 g/mol. The number of carbonyl (C=O) groups excluding carboxylic acids is 1. The fourth-order valence-electron chi connectivity index (χ4n) is 3.01. The van der Waals surface area contributed by atoms with Crippen molar-refractivity contribution in [2.45, 2.75) is 38.1 Å². The lowest BCUT2D eigenvalue weighted by Crippen LogP contribution is -2.54. The minimum absolute atomic E-state index is 0.0724. The maximum Gasteiger partial charge on any atom is 0.305 e. The lowest BCUT2D eigenvalue weighted by molar-refractivity contribution is -0.139. The molecule has 0 aliphatic heterocycles. The Hall–Kier alpha value is -1.95. The molecule has 2 aromatic rings. The van der Waals surface area contributed by atoms with Crippen LogP contribution in [0.3, 0.4) is 0 Å². The molecule has 116 valence electrons. The van der Waals surface area contributed by atoms with E-state index in [0.717, 1.165) is 11.1 Å². The molecule has 1 fully saturated rings. The Labute approximate surface area is 130 Å². The first-order valence-corrected chi connectivity index (χ1v) is 7.95. The average molecular weight is 321 g/mol. The second kappa shape index (κ2) is 5.35.